The molecule has 0 aromatic carbocycles. The van der Waals surface area contributed by atoms with Gasteiger partial charge in [0.15, 0.2) is 0 Å². The summed E-state index contributed by atoms with van der Waals surface area (Å²) in [4.78, 5) is 14.3. The van der Waals surface area contributed by atoms with Crippen LogP contribution in [0.15, 0.2) is 16.5 Å². The maximum Gasteiger partial charge on any atom is 0.221 e. The fraction of sp³-hybridized carbons (Fsp3) is 0.706. The van der Waals surface area contributed by atoms with Crippen LogP contribution in [0.3, 0.4) is 0 Å². The molecule has 1 aromatic rings. The van der Waals surface area contributed by atoms with Crippen LogP contribution in [0.2, 0.25) is 0 Å². The van der Waals surface area contributed by atoms with E-state index in [0.29, 0.717) is 13.0 Å². The average Bonchev–Trinajstić information content (AvgIpc) is 2.83. The fourth-order valence-electron chi connectivity index (χ4n) is 2.83. The first-order valence-electron chi connectivity index (χ1n) is 8.28. The van der Waals surface area contributed by atoms with E-state index in [1.165, 1.54) is 32.1 Å². The molecule has 0 atom stereocenters. The first-order chi connectivity index (χ1) is 10.2. The molecule has 4 nitrogen and oxygen atoms in total. The Kier molecular flexibility index (Phi) is 6.80. The number of carbonyl (C=O) groups is 1. The zero-order valence-electron chi connectivity index (χ0n) is 13.2. The van der Waals surface area contributed by atoms with Crippen LogP contribution in [0.5, 0.6) is 0 Å². The summed E-state index contributed by atoms with van der Waals surface area (Å²) in [6.07, 6.45) is 7.98. The molecule has 2 heterocycles. The SMILES string of the molecule is Cc1ccc(CCNC(=O)CCN2CCCCCCC2)o1. The number of furan rings is 1. The minimum Gasteiger partial charge on any atom is -0.466 e. The minimum atomic E-state index is 0.153. The number of hydrogen-bond donors (Lipinski definition) is 1. The summed E-state index contributed by atoms with van der Waals surface area (Å²) in [5.41, 5.74) is 0. The van der Waals surface area contributed by atoms with Gasteiger partial charge in [-0.05, 0) is 45.0 Å². The van der Waals surface area contributed by atoms with E-state index in [0.717, 1.165) is 37.6 Å². The molecule has 0 spiro atoms. The summed E-state index contributed by atoms with van der Waals surface area (Å²) < 4.78 is 5.49. The summed E-state index contributed by atoms with van der Waals surface area (Å²) in [5, 5.41) is 2.98. The smallest absolute Gasteiger partial charge is 0.221 e. The van der Waals surface area contributed by atoms with E-state index in [2.05, 4.69) is 10.2 Å². The van der Waals surface area contributed by atoms with Gasteiger partial charge in [0.1, 0.15) is 11.5 Å². The van der Waals surface area contributed by atoms with Crippen LogP contribution in [-0.4, -0.2) is 37.0 Å². The molecule has 2 rings (SSSR count). The summed E-state index contributed by atoms with van der Waals surface area (Å²) in [7, 11) is 0. The van der Waals surface area contributed by atoms with Gasteiger partial charge in [0.25, 0.3) is 0 Å². The van der Waals surface area contributed by atoms with Crippen molar-refractivity contribution in [1.82, 2.24) is 10.2 Å². The Balaban J connectivity index is 1.58. The van der Waals surface area contributed by atoms with Crippen LogP contribution >= 0.6 is 0 Å². The second kappa shape index (κ2) is 8.88. The number of nitrogens with one attached hydrogen (secondary N) is 1. The molecule has 1 fully saturated rings. The van der Waals surface area contributed by atoms with Crippen LogP contribution in [0.1, 0.15) is 50.0 Å². The molecular formula is C17H28N2O2. The maximum atomic E-state index is 11.9. The van der Waals surface area contributed by atoms with Crippen molar-refractivity contribution in [3.05, 3.63) is 23.7 Å². The molecule has 0 aliphatic carbocycles. The van der Waals surface area contributed by atoms with E-state index < -0.39 is 0 Å². The van der Waals surface area contributed by atoms with Crippen LogP contribution in [0.4, 0.5) is 0 Å². The van der Waals surface area contributed by atoms with Gasteiger partial charge in [-0.15, -0.1) is 0 Å². The number of rotatable bonds is 6. The number of aryl methyl sites for hydroxylation is 1. The van der Waals surface area contributed by atoms with Crippen molar-refractivity contribution in [1.29, 1.82) is 0 Å². The molecule has 4 heteroatoms. The lowest BCUT2D eigenvalue weighted by molar-refractivity contribution is -0.121. The Morgan fingerprint density at radius 2 is 1.90 bits per heavy atom. The Labute approximate surface area is 127 Å². The first kappa shape index (κ1) is 16.1. The highest BCUT2D eigenvalue weighted by Crippen LogP contribution is 2.10. The van der Waals surface area contributed by atoms with Crippen LogP contribution in [0.25, 0.3) is 0 Å². The molecule has 1 aromatic heterocycles. The molecule has 1 aliphatic heterocycles. The summed E-state index contributed by atoms with van der Waals surface area (Å²) in [6.45, 7) is 5.79. The molecule has 0 radical (unpaired) electrons. The van der Waals surface area contributed by atoms with Crippen molar-refractivity contribution in [2.24, 2.45) is 0 Å². The Hall–Kier alpha value is -1.29. The van der Waals surface area contributed by atoms with Crippen molar-refractivity contribution in [2.45, 2.75) is 51.9 Å². The van der Waals surface area contributed by atoms with E-state index in [1.807, 2.05) is 19.1 Å². The zero-order chi connectivity index (χ0) is 14.9. The van der Waals surface area contributed by atoms with E-state index in [-0.39, 0.29) is 5.91 Å². The third kappa shape index (κ3) is 6.34. The van der Waals surface area contributed by atoms with E-state index in [4.69, 9.17) is 4.42 Å². The number of carbonyl (C=O) groups excluding carboxylic acids is 1. The molecule has 1 N–H and O–H groups in total. The monoisotopic (exact) mass is 292 g/mol. The summed E-state index contributed by atoms with van der Waals surface area (Å²) >= 11 is 0. The molecule has 0 saturated carbocycles. The van der Waals surface area contributed by atoms with Gasteiger partial charge in [0.05, 0.1) is 0 Å². The molecule has 0 bridgehead atoms. The van der Waals surface area contributed by atoms with Crippen molar-refractivity contribution in [3.8, 4) is 0 Å². The van der Waals surface area contributed by atoms with Crippen LogP contribution < -0.4 is 5.32 Å². The van der Waals surface area contributed by atoms with E-state index >= 15 is 0 Å². The number of amides is 1. The second-order valence-corrected chi connectivity index (χ2v) is 5.97. The first-order valence-corrected chi connectivity index (χ1v) is 8.28. The number of likely N-dealkylation sites (tertiary alicyclic amines) is 1. The predicted molar refractivity (Wildman–Crippen MR) is 84.3 cm³/mol. The fourth-order valence-corrected chi connectivity index (χ4v) is 2.83. The van der Waals surface area contributed by atoms with E-state index in [9.17, 15) is 4.79 Å². The third-order valence-corrected chi connectivity index (χ3v) is 4.09. The van der Waals surface area contributed by atoms with Gasteiger partial charge in [0, 0.05) is 25.9 Å². The Morgan fingerprint density at radius 1 is 1.19 bits per heavy atom. The largest absolute Gasteiger partial charge is 0.466 e. The zero-order valence-corrected chi connectivity index (χ0v) is 13.2. The Morgan fingerprint density at radius 3 is 2.57 bits per heavy atom. The van der Waals surface area contributed by atoms with Gasteiger partial charge in [-0.1, -0.05) is 19.3 Å². The lowest BCUT2D eigenvalue weighted by Crippen LogP contribution is -2.33. The molecule has 1 amide bonds. The van der Waals surface area contributed by atoms with E-state index in [1.54, 1.807) is 0 Å². The maximum absolute atomic E-state index is 11.9. The van der Waals surface area contributed by atoms with Crippen molar-refractivity contribution < 1.29 is 9.21 Å². The highest BCUT2D eigenvalue weighted by atomic mass is 16.3. The van der Waals surface area contributed by atoms with Gasteiger partial charge in [-0.3, -0.25) is 4.79 Å². The predicted octanol–water partition coefficient (Wildman–Crippen LogP) is 2.90. The summed E-state index contributed by atoms with van der Waals surface area (Å²) in [6, 6.07) is 3.93. The van der Waals surface area contributed by atoms with Gasteiger partial charge in [0.2, 0.25) is 5.91 Å². The normalized spacial score (nSPS) is 17.2. The summed E-state index contributed by atoms with van der Waals surface area (Å²) in [5.74, 6) is 2.02. The van der Waals surface area contributed by atoms with Crippen molar-refractivity contribution in [3.63, 3.8) is 0 Å². The average molecular weight is 292 g/mol. The molecule has 21 heavy (non-hydrogen) atoms. The van der Waals surface area contributed by atoms with Crippen molar-refractivity contribution in [2.75, 3.05) is 26.2 Å². The van der Waals surface area contributed by atoms with Gasteiger partial charge < -0.3 is 14.6 Å². The van der Waals surface area contributed by atoms with Crippen molar-refractivity contribution >= 4 is 5.91 Å². The lowest BCUT2D eigenvalue weighted by atomic mass is 10.1. The Bertz CT molecular complexity index is 420. The number of nitrogens with zero attached hydrogens (tertiary/aromatic N) is 1. The topological polar surface area (TPSA) is 45.5 Å². The van der Waals surface area contributed by atoms with Gasteiger partial charge in [-0.25, -0.2) is 0 Å². The molecule has 0 unspecified atom stereocenters. The van der Waals surface area contributed by atoms with Gasteiger partial charge >= 0.3 is 0 Å². The van der Waals surface area contributed by atoms with Crippen LogP contribution in [-0.2, 0) is 11.2 Å². The second-order valence-electron chi connectivity index (χ2n) is 5.97. The highest BCUT2D eigenvalue weighted by molar-refractivity contribution is 5.76. The standard InChI is InChI=1S/C17H28N2O2/c1-15-7-8-16(21-15)9-11-18-17(20)10-14-19-12-5-3-2-4-6-13-19/h7-8H,2-6,9-14H2,1H3,(H,18,20). The van der Waals surface area contributed by atoms with Crippen LogP contribution in [0, 0.1) is 6.92 Å². The van der Waals surface area contributed by atoms with Gasteiger partial charge in [-0.2, -0.15) is 0 Å². The minimum absolute atomic E-state index is 0.153. The molecule has 118 valence electrons. The number of hydrogen-bond acceptors (Lipinski definition) is 3. The third-order valence-electron chi connectivity index (χ3n) is 4.09. The highest BCUT2D eigenvalue weighted by Gasteiger charge is 2.10. The lowest BCUT2D eigenvalue weighted by Gasteiger charge is -2.24. The quantitative estimate of drug-likeness (QED) is 0.877. The molecule has 1 saturated heterocycles. The molecule has 1 aliphatic rings. The molecular weight excluding hydrogens is 264 g/mol.